The molecule has 39 heavy (non-hydrogen) atoms. The fourth-order valence-corrected chi connectivity index (χ4v) is 4.79. The molecule has 1 atom stereocenters. The highest BCUT2D eigenvalue weighted by Crippen LogP contribution is 2.33. The quantitative estimate of drug-likeness (QED) is 0.333. The van der Waals surface area contributed by atoms with Gasteiger partial charge in [-0.3, -0.25) is 9.48 Å². The van der Waals surface area contributed by atoms with E-state index in [2.05, 4.69) is 20.4 Å². The number of nitrogens with zero attached hydrogens (tertiary/aromatic N) is 5. The average Bonchev–Trinajstić information content (AvgIpc) is 3.35. The molecule has 1 aliphatic heterocycles. The lowest BCUT2D eigenvalue weighted by molar-refractivity contribution is -0.142. The number of amides is 1. The summed E-state index contributed by atoms with van der Waals surface area (Å²) in [5, 5.41) is 9.49. The molecule has 1 aliphatic rings. The molecule has 0 radical (unpaired) electrons. The number of aromatic nitrogens is 4. The van der Waals surface area contributed by atoms with Gasteiger partial charge in [-0.25, -0.2) is 14.4 Å². The highest BCUT2D eigenvalue weighted by atomic mass is 19.1. The first kappa shape index (κ1) is 24.7. The smallest absolute Gasteiger partial charge is 0.263 e. The molecule has 0 unspecified atom stereocenters. The van der Waals surface area contributed by atoms with Gasteiger partial charge in [0.25, 0.3) is 5.91 Å². The van der Waals surface area contributed by atoms with Crippen molar-refractivity contribution in [2.24, 2.45) is 0 Å². The van der Waals surface area contributed by atoms with Gasteiger partial charge in [0.15, 0.2) is 6.10 Å². The lowest BCUT2D eigenvalue weighted by Gasteiger charge is -2.29. The van der Waals surface area contributed by atoms with Gasteiger partial charge in [0.05, 0.1) is 42.4 Å². The van der Waals surface area contributed by atoms with Gasteiger partial charge in [0.2, 0.25) is 0 Å². The Morgan fingerprint density at radius 3 is 2.79 bits per heavy atom. The molecule has 2 aromatic heterocycles. The third-order valence-corrected chi connectivity index (χ3v) is 6.72. The minimum Gasteiger partial charge on any atom is -0.480 e. The summed E-state index contributed by atoms with van der Waals surface area (Å²) >= 11 is 0. The maximum Gasteiger partial charge on any atom is 0.263 e. The molecule has 1 N–H and O–H groups in total. The van der Waals surface area contributed by atoms with Crippen molar-refractivity contribution in [2.45, 2.75) is 19.6 Å². The van der Waals surface area contributed by atoms with E-state index in [9.17, 15) is 9.18 Å². The standard InChI is InChI=1S/C29H27FN6O3/c1-19(29(37)35-10-12-38-13-11-35)39-26-7-3-6-24-27(26)28(32-18-31-24)34-23-8-9-25-21(15-23)16-33-36(25)17-20-4-2-5-22(30)14-20/h2-9,14-16,18-19H,10-13,17H2,1H3,(H,31,32,34)/t19-/m0/s1. The number of nitrogens with one attached hydrogen (secondary N) is 1. The normalized spacial score (nSPS) is 14.5. The number of carbonyl (C=O) groups excluding carboxylic acids is 1. The van der Waals surface area contributed by atoms with Crippen LogP contribution in [0, 0.1) is 5.82 Å². The molecule has 0 bridgehead atoms. The minimum atomic E-state index is -0.679. The summed E-state index contributed by atoms with van der Waals surface area (Å²) in [6.07, 6.45) is 2.60. The summed E-state index contributed by atoms with van der Waals surface area (Å²) in [6, 6.07) is 17.9. The fourth-order valence-electron chi connectivity index (χ4n) is 4.79. The van der Waals surface area contributed by atoms with Gasteiger partial charge in [-0.1, -0.05) is 18.2 Å². The second kappa shape index (κ2) is 10.7. The zero-order valence-corrected chi connectivity index (χ0v) is 21.4. The molecule has 1 saturated heterocycles. The lowest BCUT2D eigenvalue weighted by atomic mass is 10.2. The molecule has 5 aromatic rings. The van der Waals surface area contributed by atoms with Gasteiger partial charge in [0.1, 0.15) is 23.7 Å². The van der Waals surface area contributed by atoms with Crippen LogP contribution in [0.5, 0.6) is 5.75 Å². The number of hydrogen-bond acceptors (Lipinski definition) is 7. The third-order valence-electron chi connectivity index (χ3n) is 6.72. The topological polar surface area (TPSA) is 94.4 Å². The lowest BCUT2D eigenvalue weighted by Crippen LogP contribution is -2.46. The predicted molar refractivity (Wildman–Crippen MR) is 146 cm³/mol. The van der Waals surface area contributed by atoms with Crippen molar-refractivity contribution in [3.05, 3.63) is 84.6 Å². The van der Waals surface area contributed by atoms with Gasteiger partial charge >= 0.3 is 0 Å². The maximum atomic E-state index is 13.6. The van der Waals surface area contributed by atoms with Crippen LogP contribution < -0.4 is 10.1 Å². The van der Waals surface area contributed by atoms with E-state index in [1.54, 1.807) is 24.1 Å². The summed E-state index contributed by atoms with van der Waals surface area (Å²) in [4.78, 5) is 23.6. The summed E-state index contributed by atoms with van der Waals surface area (Å²) in [5.74, 6) is 0.736. The van der Waals surface area contributed by atoms with Gasteiger partial charge < -0.3 is 19.7 Å². The SMILES string of the molecule is C[C@H](Oc1cccc2ncnc(Nc3ccc4c(cnn4Cc4cccc(F)c4)c3)c12)C(=O)N1CCOCC1. The Labute approximate surface area is 224 Å². The summed E-state index contributed by atoms with van der Waals surface area (Å²) < 4.78 is 27.0. The number of carbonyl (C=O) groups is 1. The third kappa shape index (κ3) is 5.23. The van der Waals surface area contributed by atoms with Gasteiger partial charge in [-0.05, 0) is 55.0 Å². The molecule has 9 nitrogen and oxygen atoms in total. The Morgan fingerprint density at radius 1 is 1.10 bits per heavy atom. The molecular weight excluding hydrogens is 499 g/mol. The number of morpholine rings is 1. The van der Waals surface area contributed by atoms with Crippen LogP contribution >= 0.6 is 0 Å². The van der Waals surface area contributed by atoms with Crippen LogP contribution in [0.2, 0.25) is 0 Å². The number of fused-ring (bicyclic) bond motifs is 2. The van der Waals surface area contributed by atoms with Crippen molar-refractivity contribution >= 4 is 39.2 Å². The van der Waals surface area contributed by atoms with Crippen molar-refractivity contribution in [1.82, 2.24) is 24.6 Å². The first-order chi connectivity index (χ1) is 19.0. The Balaban J connectivity index is 1.26. The first-order valence-electron chi connectivity index (χ1n) is 12.8. The van der Waals surface area contributed by atoms with Crippen LogP contribution in [0.15, 0.2) is 73.2 Å². The Kier molecular flexibility index (Phi) is 6.76. The second-order valence-corrected chi connectivity index (χ2v) is 9.40. The number of ether oxygens (including phenoxy) is 2. The van der Waals surface area contributed by atoms with Gasteiger partial charge in [0, 0.05) is 24.2 Å². The molecule has 3 aromatic carbocycles. The van der Waals surface area contributed by atoms with E-state index in [0.29, 0.717) is 55.3 Å². The van der Waals surface area contributed by atoms with Crippen molar-refractivity contribution in [3.63, 3.8) is 0 Å². The number of benzene rings is 3. The van der Waals surface area contributed by atoms with E-state index < -0.39 is 6.10 Å². The number of anilines is 2. The summed E-state index contributed by atoms with van der Waals surface area (Å²) in [7, 11) is 0. The van der Waals surface area contributed by atoms with Crippen LogP contribution in [0.1, 0.15) is 12.5 Å². The predicted octanol–water partition coefficient (Wildman–Crippen LogP) is 4.54. The van der Waals surface area contributed by atoms with Crippen LogP contribution in [0.3, 0.4) is 0 Å². The fraction of sp³-hybridized carbons (Fsp3) is 0.241. The van der Waals surface area contributed by atoms with Crippen molar-refractivity contribution < 1.29 is 18.7 Å². The molecule has 6 rings (SSSR count). The van der Waals surface area contributed by atoms with Crippen molar-refractivity contribution in [2.75, 3.05) is 31.6 Å². The molecule has 1 amide bonds. The average molecular weight is 527 g/mol. The summed E-state index contributed by atoms with van der Waals surface area (Å²) in [5.41, 5.74) is 3.26. The molecule has 0 saturated carbocycles. The molecular formula is C29H27FN6O3. The molecule has 0 spiro atoms. The molecule has 1 fully saturated rings. The second-order valence-electron chi connectivity index (χ2n) is 9.40. The minimum absolute atomic E-state index is 0.0811. The van der Waals surface area contributed by atoms with Crippen molar-refractivity contribution in [3.8, 4) is 5.75 Å². The molecule has 0 aliphatic carbocycles. The van der Waals surface area contributed by atoms with E-state index >= 15 is 0 Å². The van der Waals surface area contributed by atoms with E-state index in [1.165, 1.54) is 18.5 Å². The van der Waals surface area contributed by atoms with E-state index in [0.717, 1.165) is 22.2 Å². The number of rotatable bonds is 7. The Morgan fingerprint density at radius 2 is 1.95 bits per heavy atom. The zero-order chi connectivity index (χ0) is 26.8. The maximum absolute atomic E-state index is 13.6. The van der Waals surface area contributed by atoms with Crippen LogP contribution in [-0.2, 0) is 16.1 Å². The van der Waals surface area contributed by atoms with Crippen LogP contribution in [0.4, 0.5) is 15.9 Å². The highest BCUT2D eigenvalue weighted by Gasteiger charge is 2.25. The van der Waals surface area contributed by atoms with Crippen LogP contribution in [0.25, 0.3) is 21.8 Å². The number of hydrogen-bond donors (Lipinski definition) is 1. The van der Waals surface area contributed by atoms with Crippen LogP contribution in [-0.4, -0.2) is 63.0 Å². The highest BCUT2D eigenvalue weighted by molar-refractivity contribution is 5.97. The largest absolute Gasteiger partial charge is 0.480 e. The molecule has 198 valence electrons. The zero-order valence-electron chi connectivity index (χ0n) is 21.4. The van der Waals surface area contributed by atoms with Crippen molar-refractivity contribution in [1.29, 1.82) is 0 Å². The molecule has 3 heterocycles. The summed E-state index contributed by atoms with van der Waals surface area (Å²) in [6.45, 7) is 4.39. The van der Waals surface area contributed by atoms with E-state index in [1.807, 2.05) is 47.1 Å². The van der Waals surface area contributed by atoms with E-state index in [-0.39, 0.29) is 11.7 Å². The first-order valence-corrected chi connectivity index (χ1v) is 12.8. The van der Waals surface area contributed by atoms with Gasteiger partial charge in [-0.15, -0.1) is 0 Å². The van der Waals surface area contributed by atoms with E-state index in [4.69, 9.17) is 9.47 Å². The molecule has 10 heteroatoms. The van der Waals surface area contributed by atoms with Gasteiger partial charge in [-0.2, -0.15) is 5.10 Å². The Bertz CT molecular complexity index is 1640. The monoisotopic (exact) mass is 526 g/mol. The Hall–Kier alpha value is -4.57. The number of halogens is 1.